The van der Waals surface area contributed by atoms with Crippen molar-refractivity contribution in [3.8, 4) is 23.1 Å². The van der Waals surface area contributed by atoms with E-state index in [1.54, 1.807) is 32.9 Å². The summed E-state index contributed by atoms with van der Waals surface area (Å²) in [6.07, 6.45) is 2.87. The van der Waals surface area contributed by atoms with Crippen LogP contribution < -0.4 is 9.47 Å². The number of benzene rings is 2. The third kappa shape index (κ3) is 6.00. The summed E-state index contributed by atoms with van der Waals surface area (Å²) in [5.41, 5.74) is 3.08. The summed E-state index contributed by atoms with van der Waals surface area (Å²) in [6, 6.07) is 10.4. The number of para-hydroxylation sites is 1. The number of likely N-dealkylation sites (tertiary alicyclic amines) is 1. The summed E-state index contributed by atoms with van der Waals surface area (Å²) in [5.74, 6) is 0.929. The maximum Gasteiger partial charge on any atom is 0.360 e. The van der Waals surface area contributed by atoms with Gasteiger partial charge in [0.15, 0.2) is 17.2 Å². The molecule has 0 unspecified atom stereocenters. The molecule has 3 aliphatic rings. The molecule has 4 aromatic rings. The highest BCUT2D eigenvalue weighted by atomic mass is 35.5. The molecule has 2 atom stereocenters. The maximum absolute atomic E-state index is 14.9. The van der Waals surface area contributed by atoms with E-state index >= 15 is 0 Å². The second-order valence-electron chi connectivity index (χ2n) is 12.5. The van der Waals surface area contributed by atoms with Gasteiger partial charge in [-0.25, -0.2) is 19.2 Å². The van der Waals surface area contributed by atoms with Crippen LogP contribution in [0.1, 0.15) is 77.9 Å². The van der Waals surface area contributed by atoms with E-state index in [2.05, 4.69) is 20.5 Å². The number of nitrogens with zero attached hydrogens (tertiary/aromatic N) is 4. The van der Waals surface area contributed by atoms with Gasteiger partial charge in [-0.1, -0.05) is 23.7 Å². The Balaban J connectivity index is 1.08. The minimum absolute atomic E-state index is 0.0850. The first-order valence-corrected chi connectivity index (χ1v) is 16.5. The number of fused-ring (bicyclic) bond motifs is 1. The predicted octanol–water partition coefficient (Wildman–Crippen LogP) is 6.94. The number of aryl methyl sites for hydroxylation is 2. The maximum atomic E-state index is 14.9. The first kappa shape index (κ1) is 31.7. The fourth-order valence-corrected chi connectivity index (χ4v) is 6.94. The number of oxazole rings is 1. The molecule has 0 aliphatic carbocycles. The Hall–Kier alpha value is -3.93. The monoisotopic (exact) mass is 664 g/mol. The molecule has 3 aliphatic heterocycles. The van der Waals surface area contributed by atoms with Crippen molar-refractivity contribution < 1.29 is 32.5 Å². The highest BCUT2D eigenvalue weighted by Crippen LogP contribution is 2.50. The minimum atomic E-state index is -1.29. The van der Waals surface area contributed by atoms with Gasteiger partial charge in [0.1, 0.15) is 23.1 Å². The Bertz CT molecular complexity index is 1810. The minimum Gasteiger partial charge on any atom is -0.461 e. The number of hydrogen-bond acceptors (Lipinski definition) is 9. The Morgan fingerprint density at radius 2 is 1.91 bits per heavy atom. The molecule has 2 aromatic carbocycles. The van der Waals surface area contributed by atoms with E-state index in [1.807, 2.05) is 19.1 Å². The summed E-state index contributed by atoms with van der Waals surface area (Å²) in [6.45, 7) is 11.1. The molecule has 47 heavy (non-hydrogen) atoms. The molecule has 7 rings (SSSR count). The van der Waals surface area contributed by atoms with Crippen LogP contribution >= 0.6 is 11.6 Å². The lowest BCUT2D eigenvalue weighted by Crippen LogP contribution is -2.35. The number of halogens is 2. The van der Waals surface area contributed by atoms with E-state index in [4.69, 9.17) is 39.9 Å². The number of carbonyl (C=O) groups excluding carboxylic acids is 1. The van der Waals surface area contributed by atoms with Crippen LogP contribution in [0.25, 0.3) is 11.6 Å². The van der Waals surface area contributed by atoms with Crippen LogP contribution in [0.3, 0.4) is 0 Å². The fourth-order valence-electron chi connectivity index (χ4n) is 6.78. The first-order valence-electron chi connectivity index (χ1n) is 16.1. The van der Waals surface area contributed by atoms with Gasteiger partial charge in [-0.05, 0) is 83.3 Å². The van der Waals surface area contributed by atoms with E-state index < -0.39 is 17.6 Å². The van der Waals surface area contributed by atoms with Crippen molar-refractivity contribution >= 4 is 17.6 Å². The Morgan fingerprint density at radius 1 is 1.13 bits per heavy atom. The molecule has 0 bridgehead atoms. The number of piperidine rings is 1. The standard InChI is InChI=1S/C35H38ClFN4O6/c1-5-43-34(42)30-21(3)45-33(39-30)31-20(2)38-29(41(31)18-24-13-16-44-24)19-40-14-11-22(12-15-40)25-7-6-8-28-32(25)47-35(4,46-28)26-10-9-23(36)17-27(26)37/h6-10,17,22,24H,5,11-16,18-19H2,1-4H3/t24-,35-/m0/s1. The zero-order valence-corrected chi connectivity index (χ0v) is 27.7. The van der Waals surface area contributed by atoms with Crippen LogP contribution in [-0.4, -0.2) is 57.8 Å². The second-order valence-corrected chi connectivity index (χ2v) is 12.9. The van der Waals surface area contributed by atoms with Crippen LogP contribution in [0.4, 0.5) is 4.39 Å². The zero-order valence-electron chi connectivity index (χ0n) is 27.0. The lowest BCUT2D eigenvalue weighted by Gasteiger charge is -2.33. The van der Waals surface area contributed by atoms with Gasteiger partial charge >= 0.3 is 5.97 Å². The Kier molecular flexibility index (Phi) is 8.48. The van der Waals surface area contributed by atoms with Crippen LogP contribution in [0.2, 0.25) is 5.02 Å². The molecule has 10 nitrogen and oxygen atoms in total. The van der Waals surface area contributed by atoms with Crippen molar-refractivity contribution in [2.75, 3.05) is 26.3 Å². The van der Waals surface area contributed by atoms with Gasteiger partial charge in [-0.15, -0.1) is 0 Å². The SMILES string of the molecule is CCOC(=O)c1nc(-c2c(C)nc(CN3CCC(c4cccc5c4O[C@@](C)(c4ccc(Cl)cc4F)O5)CC3)n2C[C@@H]2CCO2)oc1C. The number of rotatable bonds is 9. The smallest absolute Gasteiger partial charge is 0.360 e. The number of carbonyl (C=O) groups is 1. The van der Waals surface area contributed by atoms with Gasteiger partial charge in [-0.2, -0.15) is 0 Å². The number of hydrogen-bond donors (Lipinski definition) is 0. The molecule has 248 valence electrons. The van der Waals surface area contributed by atoms with Gasteiger partial charge in [-0.3, -0.25) is 4.90 Å². The van der Waals surface area contributed by atoms with E-state index in [0.29, 0.717) is 46.8 Å². The molecule has 0 amide bonds. The van der Waals surface area contributed by atoms with Crippen molar-refractivity contribution in [2.45, 2.75) is 77.9 Å². The summed E-state index contributed by atoms with van der Waals surface area (Å²) in [5, 5.41) is 0.318. The molecular formula is C35H38ClFN4O6. The number of imidazole rings is 1. The van der Waals surface area contributed by atoms with Crippen LogP contribution in [-0.2, 0) is 28.4 Å². The third-order valence-electron chi connectivity index (χ3n) is 9.29. The van der Waals surface area contributed by atoms with E-state index in [-0.39, 0.29) is 24.3 Å². The predicted molar refractivity (Wildman–Crippen MR) is 171 cm³/mol. The molecule has 12 heteroatoms. The van der Waals surface area contributed by atoms with Crippen molar-refractivity contribution in [3.63, 3.8) is 0 Å². The highest BCUT2D eigenvalue weighted by molar-refractivity contribution is 6.30. The Labute approximate surface area is 277 Å². The number of ether oxygens (including phenoxy) is 4. The van der Waals surface area contributed by atoms with Gasteiger partial charge in [0.2, 0.25) is 5.89 Å². The van der Waals surface area contributed by atoms with Gasteiger partial charge < -0.3 is 27.9 Å². The van der Waals surface area contributed by atoms with E-state index in [0.717, 1.165) is 61.7 Å². The van der Waals surface area contributed by atoms with Gasteiger partial charge in [0, 0.05) is 24.1 Å². The quantitative estimate of drug-likeness (QED) is 0.176. The topological polar surface area (TPSA) is 101 Å². The van der Waals surface area contributed by atoms with Crippen LogP contribution in [0.15, 0.2) is 40.8 Å². The molecule has 0 radical (unpaired) electrons. The highest BCUT2D eigenvalue weighted by Gasteiger charge is 2.43. The summed E-state index contributed by atoms with van der Waals surface area (Å²) >= 11 is 5.99. The van der Waals surface area contributed by atoms with Crippen molar-refractivity contribution in [1.82, 2.24) is 19.4 Å². The lowest BCUT2D eigenvalue weighted by atomic mass is 9.88. The zero-order chi connectivity index (χ0) is 32.9. The number of aromatic nitrogens is 3. The van der Waals surface area contributed by atoms with Crippen LogP contribution in [0.5, 0.6) is 11.5 Å². The fraction of sp³-hybridized carbons (Fsp3) is 0.457. The molecule has 0 spiro atoms. The van der Waals surface area contributed by atoms with Crippen LogP contribution in [0, 0.1) is 19.7 Å². The van der Waals surface area contributed by atoms with Gasteiger partial charge in [0.25, 0.3) is 5.79 Å². The van der Waals surface area contributed by atoms with Gasteiger partial charge in [0.05, 0.1) is 37.1 Å². The van der Waals surface area contributed by atoms with Crippen molar-refractivity contribution in [3.05, 3.63) is 81.3 Å². The number of esters is 1. The molecule has 5 heterocycles. The average Bonchev–Trinajstić information content (AvgIpc) is 3.66. The molecular weight excluding hydrogens is 627 g/mol. The first-order chi connectivity index (χ1) is 22.6. The van der Waals surface area contributed by atoms with E-state index in [9.17, 15) is 9.18 Å². The molecule has 0 saturated carbocycles. The molecule has 0 N–H and O–H groups in total. The molecule has 2 saturated heterocycles. The molecule has 2 fully saturated rings. The molecule has 2 aromatic heterocycles. The van der Waals surface area contributed by atoms with Crippen molar-refractivity contribution in [1.29, 1.82) is 0 Å². The largest absolute Gasteiger partial charge is 0.461 e. The van der Waals surface area contributed by atoms with Crippen molar-refractivity contribution in [2.24, 2.45) is 0 Å². The summed E-state index contributed by atoms with van der Waals surface area (Å²) < 4.78 is 46.6. The Morgan fingerprint density at radius 3 is 2.62 bits per heavy atom. The average molecular weight is 665 g/mol. The summed E-state index contributed by atoms with van der Waals surface area (Å²) in [4.78, 5) is 24.4. The van der Waals surface area contributed by atoms with E-state index in [1.165, 1.54) is 6.07 Å². The lowest BCUT2D eigenvalue weighted by molar-refractivity contribution is -0.0712. The third-order valence-corrected chi connectivity index (χ3v) is 9.53. The normalized spacial score (nSPS) is 21.2. The summed E-state index contributed by atoms with van der Waals surface area (Å²) in [7, 11) is 0. The second kappa shape index (κ2) is 12.6.